The maximum Gasteiger partial charge on any atom is 0.420 e. The van der Waals surface area contributed by atoms with E-state index in [4.69, 9.17) is 9.15 Å². The van der Waals surface area contributed by atoms with Crippen LogP contribution in [0.1, 0.15) is 32.6 Å². The summed E-state index contributed by atoms with van der Waals surface area (Å²) in [6.45, 7) is 3.96. The summed E-state index contributed by atoms with van der Waals surface area (Å²) >= 11 is 0. The molecule has 4 rings (SSSR count). The van der Waals surface area contributed by atoms with Gasteiger partial charge >= 0.3 is 5.76 Å². The normalized spacial score (nSPS) is 22.5. The highest BCUT2D eigenvalue weighted by molar-refractivity contribution is 5.96. The maximum absolute atomic E-state index is 12.6. The first kappa shape index (κ1) is 18.7. The highest BCUT2D eigenvalue weighted by atomic mass is 16.5. The monoisotopic (exact) mass is 387 g/mol. The van der Waals surface area contributed by atoms with Crippen LogP contribution < -0.4 is 11.1 Å². The van der Waals surface area contributed by atoms with E-state index in [-0.39, 0.29) is 24.3 Å². The third-order valence-corrected chi connectivity index (χ3v) is 5.58. The molecule has 2 atom stereocenters. The number of likely N-dealkylation sites (tertiary alicyclic amines) is 1. The summed E-state index contributed by atoms with van der Waals surface area (Å²) in [5.74, 6) is -0.701. The van der Waals surface area contributed by atoms with E-state index in [2.05, 4.69) is 5.32 Å². The van der Waals surface area contributed by atoms with Gasteiger partial charge in [-0.15, -0.1) is 0 Å². The average molecular weight is 387 g/mol. The highest BCUT2D eigenvalue weighted by Gasteiger charge is 2.31. The molecule has 2 saturated heterocycles. The Morgan fingerprint density at radius 3 is 2.71 bits per heavy atom. The second-order valence-corrected chi connectivity index (χ2v) is 7.62. The number of ether oxygens (including phenoxy) is 1. The van der Waals surface area contributed by atoms with Crippen molar-refractivity contribution in [1.82, 2.24) is 9.47 Å². The summed E-state index contributed by atoms with van der Waals surface area (Å²) in [5.41, 5.74) is 1.42. The average Bonchev–Trinajstić information content (AvgIpc) is 3.26. The van der Waals surface area contributed by atoms with E-state index in [1.165, 1.54) is 4.57 Å². The second-order valence-electron chi connectivity index (χ2n) is 7.62. The number of fused-ring (bicyclic) bond motifs is 1. The minimum absolute atomic E-state index is 0.0635. The Hall–Kier alpha value is -2.61. The fourth-order valence-corrected chi connectivity index (χ4v) is 3.91. The Morgan fingerprint density at radius 2 is 2.00 bits per heavy atom. The van der Waals surface area contributed by atoms with Crippen molar-refractivity contribution in [2.75, 3.05) is 25.0 Å². The molecular formula is C20H25N3O5. The van der Waals surface area contributed by atoms with Crippen LogP contribution >= 0.6 is 0 Å². The minimum Gasteiger partial charge on any atom is -0.408 e. The molecule has 8 heteroatoms. The van der Waals surface area contributed by atoms with E-state index in [0.29, 0.717) is 23.4 Å². The second kappa shape index (κ2) is 7.79. The highest BCUT2D eigenvalue weighted by Crippen LogP contribution is 2.23. The number of aromatic nitrogens is 1. The number of amides is 2. The molecule has 1 aromatic carbocycles. The van der Waals surface area contributed by atoms with Crippen LogP contribution in [0.15, 0.2) is 27.4 Å². The van der Waals surface area contributed by atoms with Crippen molar-refractivity contribution in [1.29, 1.82) is 0 Å². The van der Waals surface area contributed by atoms with Crippen molar-refractivity contribution in [2.45, 2.75) is 45.3 Å². The zero-order chi connectivity index (χ0) is 19.7. The molecule has 1 aromatic heterocycles. The number of hydrogen-bond donors (Lipinski definition) is 1. The van der Waals surface area contributed by atoms with E-state index in [9.17, 15) is 14.4 Å². The molecule has 0 bridgehead atoms. The summed E-state index contributed by atoms with van der Waals surface area (Å²) in [4.78, 5) is 39.1. The van der Waals surface area contributed by atoms with Crippen LogP contribution in [0.2, 0.25) is 0 Å². The molecule has 150 valence electrons. The molecule has 0 spiro atoms. The molecule has 0 aliphatic carbocycles. The molecule has 0 saturated carbocycles. The summed E-state index contributed by atoms with van der Waals surface area (Å²) in [5, 5.41) is 2.84. The van der Waals surface area contributed by atoms with Gasteiger partial charge in [0.05, 0.1) is 5.52 Å². The van der Waals surface area contributed by atoms with Gasteiger partial charge in [0, 0.05) is 25.4 Å². The molecule has 0 radical (unpaired) electrons. The standard InChI is InChI=1S/C20H25N3O5/c1-13-7-10-27-18(13)19(25)21-14-5-6-16-15(11-14)23(20(26)28-16)12-17(24)22-8-3-2-4-9-22/h5-6,11,13,18H,2-4,7-10,12H2,1H3,(H,21,25). The van der Waals surface area contributed by atoms with Crippen LogP contribution in [0, 0.1) is 5.92 Å². The predicted molar refractivity (Wildman–Crippen MR) is 103 cm³/mol. The summed E-state index contributed by atoms with van der Waals surface area (Å²) in [6, 6.07) is 4.98. The molecular weight excluding hydrogens is 362 g/mol. The predicted octanol–water partition coefficient (Wildman–Crippen LogP) is 1.97. The molecule has 28 heavy (non-hydrogen) atoms. The SMILES string of the molecule is CC1CCOC1C(=O)Nc1ccc2oc(=O)n(CC(=O)N3CCCCC3)c2c1. The Labute approximate surface area is 162 Å². The molecule has 2 amide bonds. The Bertz CT molecular complexity index is 941. The van der Waals surface area contributed by atoms with Crippen LogP contribution in [-0.2, 0) is 20.9 Å². The fraction of sp³-hybridized carbons (Fsp3) is 0.550. The van der Waals surface area contributed by atoms with E-state index in [1.807, 2.05) is 6.92 Å². The molecule has 3 heterocycles. The molecule has 2 fully saturated rings. The van der Waals surface area contributed by atoms with Crippen molar-refractivity contribution >= 4 is 28.6 Å². The van der Waals surface area contributed by atoms with E-state index in [0.717, 1.165) is 38.8 Å². The topological polar surface area (TPSA) is 93.8 Å². The van der Waals surface area contributed by atoms with Gasteiger partial charge < -0.3 is 19.4 Å². The van der Waals surface area contributed by atoms with Gasteiger partial charge in [-0.1, -0.05) is 6.92 Å². The molecule has 1 N–H and O–H groups in total. The minimum atomic E-state index is -0.573. The lowest BCUT2D eigenvalue weighted by Gasteiger charge is -2.26. The van der Waals surface area contributed by atoms with Gasteiger partial charge in [0.1, 0.15) is 12.6 Å². The summed E-state index contributed by atoms with van der Waals surface area (Å²) < 4.78 is 12.1. The summed E-state index contributed by atoms with van der Waals surface area (Å²) in [7, 11) is 0. The number of benzene rings is 1. The Kier molecular flexibility index (Phi) is 5.21. The van der Waals surface area contributed by atoms with E-state index in [1.54, 1.807) is 23.1 Å². The lowest BCUT2D eigenvalue weighted by atomic mass is 10.0. The fourth-order valence-electron chi connectivity index (χ4n) is 3.91. The number of nitrogens with one attached hydrogen (secondary N) is 1. The smallest absolute Gasteiger partial charge is 0.408 e. The van der Waals surface area contributed by atoms with Crippen molar-refractivity contribution in [2.24, 2.45) is 5.92 Å². The molecule has 2 aliphatic rings. The van der Waals surface area contributed by atoms with Crippen LogP contribution in [0.3, 0.4) is 0 Å². The van der Waals surface area contributed by atoms with E-state index < -0.39 is 11.9 Å². The summed E-state index contributed by atoms with van der Waals surface area (Å²) in [6.07, 6.45) is 3.50. The quantitative estimate of drug-likeness (QED) is 0.866. The number of oxazole rings is 1. The first-order valence-corrected chi connectivity index (χ1v) is 9.86. The van der Waals surface area contributed by atoms with E-state index >= 15 is 0 Å². The molecule has 8 nitrogen and oxygen atoms in total. The molecule has 2 unspecified atom stereocenters. The maximum atomic E-state index is 12.6. The van der Waals surface area contributed by atoms with Gasteiger partial charge in [0.2, 0.25) is 5.91 Å². The van der Waals surface area contributed by atoms with Crippen LogP contribution in [-0.4, -0.2) is 47.1 Å². The molecule has 2 aromatic rings. The lowest BCUT2D eigenvalue weighted by Crippen LogP contribution is -2.39. The lowest BCUT2D eigenvalue weighted by molar-refractivity contribution is -0.132. The number of hydrogen-bond acceptors (Lipinski definition) is 5. The Morgan fingerprint density at radius 1 is 1.21 bits per heavy atom. The van der Waals surface area contributed by atoms with Crippen LogP contribution in [0.5, 0.6) is 0 Å². The number of carbonyl (C=O) groups excluding carboxylic acids is 2. The van der Waals surface area contributed by atoms with Crippen LogP contribution in [0.4, 0.5) is 5.69 Å². The van der Waals surface area contributed by atoms with Gasteiger partial charge in [-0.05, 0) is 49.8 Å². The van der Waals surface area contributed by atoms with Gasteiger partial charge in [-0.2, -0.15) is 0 Å². The number of carbonyl (C=O) groups is 2. The van der Waals surface area contributed by atoms with Crippen molar-refractivity contribution in [3.05, 3.63) is 28.7 Å². The molecule has 2 aliphatic heterocycles. The largest absolute Gasteiger partial charge is 0.420 e. The number of nitrogens with zero attached hydrogens (tertiary/aromatic N) is 2. The van der Waals surface area contributed by atoms with Crippen LogP contribution in [0.25, 0.3) is 11.1 Å². The zero-order valence-corrected chi connectivity index (χ0v) is 16.0. The van der Waals surface area contributed by atoms with Gasteiger partial charge in [0.15, 0.2) is 5.58 Å². The van der Waals surface area contributed by atoms with Crippen molar-refractivity contribution in [3.63, 3.8) is 0 Å². The van der Waals surface area contributed by atoms with Gasteiger partial charge in [-0.3, -0.25) is 14.2 Å². The Balaban J connectivity index is 1.55. The third-order valence-electron chi connectivity index (χ3n) is 5.58. The third kappa shape index (κ3) is 3.69. The van der Waals surface area contributed by atoms with Gasteiger partial charge in [0.25, 0.3) is 5.91 Å². The first-order valence-electron chi connectivity index (χ1n) is 9.86. The number of rotatable bonds is 4. The zero-order valence-electron chi connectivity index (χ0n) is 16.0. The van der Waals surface area contributed by atoms with Crippen molar-refractivity contribution < 1.29 is 18.7 Å². The number of anilines is 1. The first-order chi connectivity index (χ1) is 13.5. The van der Waals surface area contributed by atoms with Crippen molar-refractivity contribution in [3.8, 4) is 0 Å². The number of piperidine rings is 1. The van der Waals surface area contributed by atoms with Gasteiger partial charge in [-0.25, -0.2) is 4.79 Å².